The molecule has 0 radical (unpaired) electrons. The summed E-state index contributed by atoms with van der Waals surface area (Å²) in [5.41, 5.74) is 0. The zero-order valence-corrected chi connectivity index (χ0v) is 14.4. The van der Waals surface area contributed by atoms with Crippen molar-refractivity contribution >= 4 is 11.9 Å². The molecule has 0 aliphatic heterocycles. The fourth-order valence-electron chi connectivity index (χ4n) is 2.00. The number of hydrogen-bond donors (Lipinski definition) is 0. The lowest BCUT2D eigenvalue weighted by Crippen LogP contribution is -2.20. The maximum atomic E-state index is 11.4. The highest BCUT2D eigenvalue weighted by molar-refractivity contribution is 5.73. The van der Waals surface area contributed by atoms with E-state index in [1.807, 2.05) is 6.92 Å². The van der Waals surface area contributed by atoms with Gasteiger partial charge in [0.05, 0.1) is 13.2 Å². The van der Waals surface area contributed by atoms with Gasteiger partial charge in [0.1, 0.15) is 13.2 Å². The van der Waals surface area contributed by atoms with Crippen LogP contribution in [0.15, 0.2) is 0 Å². The Morgan fingerprint density at radius 3 is 2.14 bits per heavy atom. The lowest BCUT2D eigenvalue weighted by atomic mass is 10.1. The summed E-state index contributed by atoms with van der Waals surface area (Å²) in [5, 5.41) is 0. The normalized spacial score (nSPS) is 12.0. The average Bonchev–Trinajstić information content (AvgIpc) is 2.49. The van der Waals surface area contributed by atoms with Gasteiger partial charge in [-0.2, -0.15) is 0 Å². The molecular formula is C17H32O5. The Morgan fingerprint density at radius 1 is 0.864 bits per heavy atom. The van der Waals surface area contributed by atoms with Gasteiger partial charge in [-0.1, -0.05) is 52.9 Å². The molecule has 22 heavy (non-hydrogen) atoms. The zero-order valence-electron chi connectivity index (χ0n) is 14.4. The molecule has 0 heterocycles. The fraction of sp³-hybridized carbons (Fsp3) is 0.882. The summed E-state index contributed by atoms with van der Waals surface area (Å²) in [6.45, 7) is 6.71. The highest BCUT2D eigenvalue weighted by Crippen LogP contribution is 2.05. The Hall–Kier alpha value is -1.10. The molecule has 0 fully saturated rings. The van der Waals surface area contributed by atoms with Crippen LogP contribution in [-0.2, 0) is 23.8 Å². The minimum absolute atomic E-state index is 0.200. The first-order valence-corrected chi connectivity index (χ1v) is 8.49. The lowest BCUT2D eigenvalue weighted by molar-refractivity contribution is -0.156. The van der Waals surface area contributed by atoms with Gasteiger partial charge in [-0.3, -0.25) is 0 Å². The maximum absolute atomic E-state index is 11.4. The number of ether oxygens (including phenoxy) is 3. The molecule has 0 saturated carbocycles. The molecule has 0 aromatic heterocycles. The van der Waals surface area contributed by atoms with Gasteiger partial charge in [0.15, 0.2) is 0 Å². The molecule has 0 spiro atoms. The Morgan fingerprint density at radius 2 is 1.50 bits per heavy atom. The van der Waals surface area contributed by atoms with E-state index in [4.69, 9.17) is 14.2 Å². The quantitative estimate of drug-likeness (QED) is 0.362. The highest BCUT2D eigenvalue weighted by atomic mass is 16.6. The van der Waals surface area contributed by atoms with Crippen LogP contribution in [0.25, 0.3) is 0 Å². The van der Waals surface area contributed by atoms with Crippen molar-refractivity contribution in [2.45, 2.75) is 65.7 Å². The summed E-state index contributed by atoms with van der Waals surface area (Å²) in [7, 11) is 0. The lowest BCUT2D eigenvalue weighted by Gasteiger charge is -2.11. The summed E-state index contributed by atoms with van der Waals surface area (Å²) < 4.78 is 15.1. The summed E-state index contributed by atoms with van der Waals surface area (Å²) in [6, 6.07) is 0. The van der Waals surface area contributed by atoms with Crippen LogP contribution in [0.4, 0.5) is 0 Å². The third kappa shape index (κ3) is 13.9. The molecule has 1 unspecified atom stereocenters. The molecule has 0 saturated heterocycles. The molecule has 5 nitrogen and oxygen atoms in total. The number of hydrogen-bond acceptors (Lipinski definition) is 5. The molecule has 130 valence electrons. The van der Waals surface area contributed by atoms with Crippen LogP contribution in [0.5, 0.6) is 0 Å². The number of unbranched alkanes of at least 4 members (excludes halogenated alkanes) is 4. The topological polar surface area (TPSA) is 61.8 Å². The first kappa shape index (κ1) is 20.9. The van der Waals surface area contributed by atoms with Crippen LogP contribution in [-0.4, -0.2) is 38.4 Å². The smallest absolute Gasteiger partial charge is 0.332 e. The molecule has 0 rings (SSSR count). The van der Waals surface area contributed by atoms with Crippen molar-refractivity contribution in [2.75, 3.05) is 26.4 Å². The van der Waals surface area contributed by atoms with Crippen LogP contribution in [0.2, 0.25) is 0 Å². The van der Waals surface area contributed by atoms with E-state index in [9.17, 15) is 9.59 Å². The van der Waals surface area contributed by atoms with Crippen LogP contribution >= 0.6 is 0 Å². The first-order valence-electron chi connectivity index (χ1n) is 8.49. The van der Waals surface area contributed by atoms with Crippen molar-refractivity contribution < 1.29 is 23.8 Å². The minimum Gasteiger partial charge on any atom is -0.464 e. The second-order valence-electron chi connectivity index (χ2n) is 5.70. The van der Waals surface area contributed by atoms with E-state index in [1.165, 1.54) is 19.3 Å². The third-order valence-corrected chi connectivity index (χ3v) is 3.26. The SMILES string of the molecule is CCCCCCCOC(=O)COCC(=O)OCC(C)CCC. The Kier molecular flexibility index (Phi) is 14.1. The predicted molar refractivity (Wildman–Crippen MR) is 85.6 cm³/mol. The average molecular weight is 316 g/mol. The molecular weight excluding hydrogens is 284 g/mol. The zero-order chi connectivity index (χ0) is 16.6. The van der Waals surface area contributed by atoms with Crippen molar-refractivity contribution in [1.82, 2.24) is 0 Å². The number of esters is 2. The summed E-state index contributed by atoms with van der Waals surface area (Å²) >= 11 is 0. The molecule has 5 heteroatoms. The predicted octanol–water partition coefficient (Wildman–Crippen LogP) is 3.50. The van der Waals surface area contributed by atoms with E-state index < -0.39 is 11.9 Å². The molecule has 0 N–H and O–H groups in total. The molecule has 0 bridgehead atoms. The van der Waals surface area contributed by atoms with E-state index >= 15 is 0 Å². The number of rotatable bonds is 14. The van der Waals surface area contributed by atoms with E-state index in [2.05, 4.69) is 13.8 Å². The summed E-state index contributed by atoms with van der Waals surface area (Å²) in [6.07, 6.45) is 7.63. The Bertz CT molecular complexity index is 291. The van der Waals surface area contributed by atoms with Crippen LogP contribution < -0.4 is 0 Å². The molecule has 1 atom stereocenters. The summed E-state index contributed by atoms with van der Waals surface area (Å²) in [4.78, 5) is 22.8. The van der Waals surface area contributed by atoms with Crippen molar-refractivity contribution in [3.63, 3.8) is 0 Å². The molecule has 0 aromatic rings. The minimum atomic E-state index is -0.435. The van der Waals surface area contributed by atoms with Crippen LogP contribution in [0.3, 0.4) is 0 Å². The van der Waals surface area contributed by atoms with Crippen LogP contribution in [0.1, 0.15) is 65.7 Å². The van der Waals surface area contributed by atoms with Gasteiger partial charge >= 0.3 is 11.9 Å². The number of carbonyl (C=O) groups excluding carboxylic acids is 2. The van der Waals surface area contributed by atoms with E-state index in [1.54, 1.807) is 0 Å². The Labute approximate surface area is 134 Å². The van der Waals surface area contributed by atoms with Crippen molar-refractivity contribution in [1.29, 1.82) is 0 Å². The van der Waals surface area contributed by atoms with E-state index in [-0.39, 0.29) is 13.2 Å². The van der Waals surface area contributed by atoms with Gasteiger partial charge in [-0.25, -0.2) is 9.59 Å². The van der Waals surface area contributed by atoms with E-state index in [0.29, 0.717) is 19.1 Å². The van der Waals surface area contributed by atoms with Crippen molar-refractivity contribution in [3.05, 3.63) is 0 Å². The van der Waals surface area contributed by atoms with Gasteiger partial charge in [0.2, 0.25) is 0 Å². The fourth-order valence-corrected chi connectivity index (χ4v) is 2.00. The van der Waals surface area contributed by atoms with E-state index in [0.717, 1.165) is 25.7 Å². The highest BCUT2D eigenvalue weighted by Gasteiger charge is 2.09. The molecule has 0 aromatic carbocycles. The molecule has 0 aliphatic carbocycles. The third-order valence-electron chi connectivity index (χ3n) is 3.26. The van der Waals surface area contributed by atoms with Gasteiger partial charge in [-0.05, 0) is 18.8 Å². The van der Waals surface area contributed by atoms with Gasteiger partial charge in [-0.15, -0.1) is 0 Å². The van der Waals surface area contributed by atoms with Crippen molar-refractivity contribution in [3.8, 4) is 0 Å². The number of carbonyl (C=O) groups is 2. The van der Waals surface area contributed by atoms with Gasteiger partial charge < -0.3 is 14.2 Å². The second kappa shape index (κ2) is 14.8. The van der Waals surface area contributed by atoms with Gasteiger partial charge in [0.25, 0.3) is 0 Å². The monoisotopic (exact) mass is 316 g/mol. The summed E-state index contributed by atoms with van der Waals surface area (Å²) in [5.74, 6) is -0.510. The van der Waals surface area contributed by atoms with Gasteiger partial charge in [0, 0.05) is 0 Å². The first-order chi connectivity index (χ1) is 10.6. The molecule has 0 amide bonds. The van der Waals surface area contributed by atoms with Crippen molar-refractivity contribution in [2.24, 2.45) is 5.92 Å². The van der Waals surface area contributed by atoms with Crippen LogP contribution in [0, 0.1) is 5.92 Å². The largest absolute Gasteiger partial charge is 0.464 e. The molecule has 0 aliphatic rings. The second-order valence-corrected chi connectivity index (χ2v) is 5.70. The standard InChI is InChI=1S/C17H32O5/c1-4-6-7-8-9-11-21-16(18)13-20-14-17(19)22-12-15(3)10-5-2/h15H,4-14H2,1-3H3. The maximum Gasteiger partial charge on any atom is 0.332 e. The Balaban J connectivity index is 3.45.